The van der Waals surface area contributed by atoms with Gasteiger partial charge in [-0.1, -0.05) is 13.8 Å². The highest BCUT2D eigenvalue weighted by atomic mass is 127. The van der Waals surface area contributed by atoms with Crippen molar-refractivity contribution < 1.29 is 9.84 Å². The van der Waals surface area contributed by atoms with Crippen molar-refractivity contribution in [3.63, 3.8) is 0 Å². The van der Waals surface area contributed by atoms with E-state index in [1.807, 2.05) is 24.9 Å². The molecule has 0 radical (unpaired) electrons. The second kappa shape index (κ2) is 13.2. The zero-order valence-electron chi connectivity index (χ0n) is 17.6. The Morgan fingerprint density at radius 2 is 2.21 bits per heavy atom. The number of guanidine groups is 1. The van der Waals surface area contributed by atoms with Gasteiger partial charge in [0.2, 0.25) is 0 Å². The Hall–Kier alpha value is -1.07. The van der Waals surface area contributed by atoms with Gasteiger partial charge in [0.1, 0.15) is 0 Å². The maximum absolute atomic E-state index is 10.1. The minimum absolute atomic E-state index is 0. The molecule has 0 saturated carbocycles. The highest BCUT2D eigenvalue weighted by molar-refractivity contribution is 14.0. The van der Waals surface area contributed by atoms with Crippen molar-refractivity contribution in [2.75, 3.05) is 44.3 Å². The van der Waals surface area contributed by atoms with Gasteiger partial charge in [-0.15, -0.1) is 24.0 Å². The lowest BCUT2D eigenvalue weighted by Gasteiger charge is -2.34. The van der Waals surface area contributed by atoms with Crippen molar-refractivity contribution in [2.45, 2.75) is 45.8 Å². The number of aliphatic hydroxyl groups excluding tert-OH is 1. The molecule has 1 aliphatic heterocycles. The van der Waals surface area contributed by atoms with Crippen LogP contribution in [0.4, 0.5) is 5.69 Å². The summed E-state index contributed by atoms with van der Waals surface area (Å²) in [7, 11) is 1.94. The molecule has 0 aromatic carbocycles. The number of halogens is 1. The molecule has 28 heavy (non-hydrogen) atoms. The van der Waals surface area contributed by atoms with E-state index < -0.39 is 6.10 Å². The summed E-state index contributed by atoms with van der Waals surface area (Å²) in [6.07, 6.45) is 5.60. The number of rotatable bonds is 9. The molecule has 162 valence electrons. The number of piperidine rings is 1. The van der Waals surface area contributed by atoms with Gasteiger partial charge in [-0.3, -0.25) is 9.67 Å². The van der Waals surface area contributed by atoms with Gasteiger partial charge in [-0.05, 0) is 25.7 Å². The zero-order valence-corrected chi connectivity index (χ0v) is 19.9. The predicted molar refractivity (Wildman–Crippen MR) is 125 cm³/mol. The largest absolute Gasteiger partial charge is 0.389 e. The fourth-order valence-corrected chi connectivity index (χ4v) is 3.10. The van der Waals surface area contributed by atoms with Crippen molar-refractivity contribution in [1.29, 1.82) is 0 Å². The van der Waals surface area contributed by atoms with Crippen LogP contribution in [-0.4, -0.2) is 72.4 Å². The molecule has 1 fully saturated rings. The number of hydrogen-bond acceptors (Lipinski definition) is 5. The number of aromatic nitrogens is 2. The van der Waals surface area contributed by atoms with E-state index in [0.29, 0.717) is 31.7 Å². The van der Waals surface area contributed by atoms with Gasteiger partial charge in [0.15, 0.2) is 5.96 Å². The molecule has 0 aliphatic carbocycles. The molecule has 1 aromatic heterocycles. The second-order valence-electron chi connectivity index (χ2n) is 7.61. The molecule has 0 spiro atoms. The quantitative estimate of drug-likeness (QED) is 0.267. The molecule has 0 bridgehead atoms. The topological polar surface area (TPSA) is 86.9 Å². The predicted octanol–water partition coefficient (Wildman–Crippen LogP) is 1.60. The minimum atomic E-state index is -0.586. The van der Waals surface area contributed by atoms with Crippen molar-refractivity contribution in [2.24, 2.45) is 18.0 Å². The number of aliphatic imine (C=N–C) groups is 1. The fourth-order valence-electron chi connectivity index (χ4n) is 3.10. The maximum atomic E-state index is 10.1. The third-order valence-corrected chi connectivity index (χ3v) is 4.38. The van der Waals surface area contributed by atoms with Crippen LogP contribution in [-0.2, 0) is 11.8 Å². The van der Waals surface area contributed by atoms with E-state index in [1.54, 1.807) is 0 Å². The summed E-state index contributed by atoms with van der Waals surface area (Å²) < 4.78 is 7.32. The summed E-state index contributed by atoms with van der Waals surface area (Å²) in [4.78, 5) is 6.89. The van der Waals surface area contributed by atoms with E-state index in [-0.39, 0.29) is 24.0 Å². The number of aliphatic hydroxyl groups is 1. The number of ether oxygens (including phenoxy) is 1. The van der Waals surface area contributed by atoms with Crippen molar-refractivity contribution in [3.05, 3.63) is 12.4 Å². The molecule has 0 amide bonds. The lowest BCUT2D eigenvalue weighted by atomic mass is 10.1. The van der Waals surface area contributed by atoms with Gasteiger partial charge < -0.3 is 25.4 Å². The molecule has 1 aromatic rings. The Balaban J connectivity index is 0.00000392. The molecule has 2 rings (SSSR count). The average molecular weight is 508 g/mol. The van der Waals surface area contributed by atoms with Crippen LogP contribution in [0, 0.1) is 5.92 Å². The first-order chi connectivity index (χ1) is 13.0. The maximum Gasteiger partial charge on any atom is 0.191 e. The molecule has 8 nitrogen and oxygen atoms in total. The Kier molecular flexibility index (Phi) is 11.8. The Morgan fingerprint density at radius 1 is 1.43 bits per heavy atom. The van der Waals surface area contributed by atoms with Crippen LogP contribution in [0.15, 0.2) is 17.4 Å². The van der Waals surface area contributed by atoms with Gasteiger partial charge in [0.05, 0.1) is 31.1 Å². The highest BCUT2D eigenvalue weighted by Gasteiger charge is 2.21. The molecule has 1 aliphatic rings. The van der Waals surface area contributed by atoms with Crippen molar-refractivity contribution in [1.82, 2.24) is 20.4 Å². The van der Waals surface area contributed by atoms with Gasteiger partial charge >= 0.3 is 0 Å². The normalized spacial score (nSPS) is 18.7. The second-order valence-corrected chi connectivity index (χ2v) is 7.61. The first-order valence-corrected chi connectivity index (χ1v) is 10.0. The van der Waals surface area contributed by atoms with Gasteiger partial charge in [-0.2, -0.15) is 5.10 Å². The summed E-state index contributed by atoms with van der Waals surface area (Å²) in [5.41, 5.74) is 1.16. The Morgan fingerprint density at radius 3 is 2.86 bits per heavy atom. The van der Waals surface area contributed by atoms with E-state index in [4.69, 9.17) is 4.74 Å². The first kappa shape index (κ1) is 25.0. The van der Waals surface area contributed by atoms with Crippen LogP contribution in [0.2, 0.25) is 0 Å². The van der Waals surface area contributed by atoms with E-state index in [9.17, 15) is 5.11 Å². The van der Waals surface area contributed by atoms with Crippen LogP contribution in [0.3, 0.4) is 0 Å². The van der Waals surface area contributed by atoms with E-state index in [1.165, 1.54) is 0 Å². The third kappa shape index (κ3) is 8.95. The molecule has 2 atom stereocenters. The summed E-state index contributed by atoms with van der Waals surface area (Å²) in [5.74, 6) is 1.21. The Labute approximate surface area is 186 Å². The van der Waals surface area contributed by atoms with E-state index in [2.05, 4.69) is 45.7 Å². The van der Waals surface area contributed by atoms with Crippen LogP contribution in [0.5, 0.6) is 0 Å². The lowest BCUT2D eigenvalue weighted by molar-refractivity contribution is 0.0301. The van der Waals surface area contributed by atoms with Crippen molar-refractivity contribution >= 4 is 35.6 Å². The molecule has 2 unspecified atom stereocenters. The molecule has 9 heteroatoms. The smallest absolute Gasteiger partial charge is 0.191 e. The average Bonchev–Trinajstić information content (AvgIpc) is 3.06. The Bertz CT molecular complexity index is 581. The standard InChI is InChI=1S/C19H36N6O2.HI/c1-5-20-19(21-10-18(26)14-27-13-15(2)3)23-16-7-6-8-25(11-16)17-9-22-24(4)12-17;/h9,12,15-16,18,26H,5-8,10-11,13-14H2,1-4H3,(H2,20,21,23);1H. The fraction of sp³-hybridized carbons (Fsp3) is 0.789. The highest BCUT2D eigenvalue weighted by Crippen LogP contribution is 2.18. The van der Waals surface area contributed by atoms with Gasteiger partial charge in [-0.25, -0.2) is 0 Å². The van der Waals surface area contributed by atoms with Crippen LogP contribution >= 0.6 is 24.0 Å². The first-order valence-electron chi connectivity index (χ1n) is 10.0. The SMILES string of the molecule is CCNC(=NCC(O)COCC(C)C)NC1CCCN(c2cnn(C)c2)C1.I. The van der Waals surface area contributed by atoms with Crippen LogP contribution in [0.25, 0.3) is 0 Å². The monoisotopic (exact) mass is 508 g/mol. The zero-order chi connectivity index (χ0) is 19.6. The van der Waals surface area contributed by atoms with Gasteiger partial charge in [0, 0.05) is 45.5 Å². The van der Waals surface area contributed by atoms with E-state index in [0.717, 1.165) is 44.1 Å². The lowest BCUT2D eigenvalue weighted by Crippen LogP contribution is -2.51. The summed E-state index contributed by atoms with van der Waals surface area (Å²) in [6.45, 7) is 10.3. The minimum Gasteiger partial charge on any atom is -0.389 e. The molecular formula is C19H37IN6O2. The third-order valence-electron chi connectivity index (χ3n) is 4.38. The summed E-state index contributed by atoms with van der Waals surface area (Å²) in [5, 5.41) is 21.1. The van der Waals surface area contributed by atoms with Crippen LogP contribution < -0.4 is 15.5 Å². The van der Waals surface area contributed by atoms with Crippen molar-refractivity contribution in [3.8, 4) is 0 Å². The number of hydrogen-bond donors (Lipinski definition) is 3. The molecule has 1 saturated heterocycles. The van der Waals surface area contributed by atoms with E-state index >= 15 is 0 Å². The number of aryl methyl sites for hydroxylation is 1. The van der Waals surface area contributed by atoms with Gasteiger partial charge in [0.25, 0.3) is 0 Å². The number of nitrogens with one attached hydrogen (secondary N) is 2. The number of anilines is 1. The molecular weight excluding hydrogens is 471 g/mol. The molecule has 3 N–H and O–H groups in total. The summed E-state index contributed by atoms with van der Waals surface area (Å²) in [6, 6.07) is 0.311. The van der Waals surface area contributed by atoms with Crippen LogP contribution in [0.1, 0.15) is 33.6 Å². The number of nitrogens with zero attached hydrogens (tertiary/aromatic N) is 4. The summed E-state index contributed by atoms with van der Waals surface area (Å²) >= 11 is 0. The molecule has 2 heterocycles.